The molecule has 7 heteroatoms. The van der Waals surface area contributed by atoms with Crippen LogP contribution in [-0.4, -0.2) is 66.8 Å². The lowest BCUT2D eigenvalue weighted by Gasteiger charge is -2.48. The summed E-state index contributed by atoms with van der Waals surface area (Å²) in [6.45, 7) is 11.7. The van der Waals surface area contributed by atoms with E-state index in [0.717, 1.165) is 45.7 Å². The van der Waals surface area contributed by atoms with Crippen LogP contribution in [0.5, 0.6) is 0 Å². The van der Waals surface area contributed by atoms with Gasteiger partial charge in [-0.3, -0.25) is 15.0 Å². The molecule has 2 fully saturated rings. The standard InChI is InChI=1S/C19H36N4O3/c1-15(16(24)21-17(25)22-18(2,3)4)20-14-19(8-6-5-7-9-19)23-10-12-26-13-11-23/h15,20H,5-14H2,1-4H3,(H2,21,22,24,25)/t15-/m1/s1. The fourth-order valence-corrected chi connectivity index (χ4v) is 3.88. The third-order valence-electron chi connectivity index (χ3n) is 5.32. The summed E-state index contributed by atoms with van der Waals surface area (Å²) in [6.07, 6.45) is 6.05. The fraction of sp³-hybridized carbons (Fsp3) is 0.895. The average Bonchev–Trinajstić information content (AvgIpc) is 2.59. The number of amides is 3. The highest BCUT2D eigenvalue weighted by molar-refractivity contribution is 5.97. The van der Waals surface area contributed by atoms with Gasteiger partial charge in [-0.25, -0.2) is 4.79 Å². The summed E-state index contributed by atoms with van der Waals surface area (Å²) in [5, 5.41) is 8.56. The maximum Gasteiger partial charge on any atom is 0.321 e. The van der Waals surface area contributed by atoms with Crippen LogP contribution in [-0.2, 0) is 9.53 Å². The number of imide groups is 1. The summed E-state index contributed by atoms with van der Waals surface area (Å²) in [5.74, 6) is -0.292. The molecule has 0 aromatic heterocycles. The van der Waals surface area contributed by atoms with E-state index in [0.29, 0.717) is 0 Å². The van der Waals surface area contributed by atoms with Crippen molar-refractivity contribution in [3.8, 4) is 0 Å². The van der Waals surface area contributed by atoms with Crippen molar-refractivity contribution in [2.24, 2.45) is 0 Å². The molecule has 0 unspecified atom stereocenters. The molecule has 1 saturated heterocycles. The number of rotatable bonds is 5. The Morgan fingerprint density at radius 1 is 1.12 bits per heavy atom. The highest BCUT2D eigenvalue weighted by Gasteiger charge is 2.39. The van der Waals surface area contributed by atoms with Crippen LogP contribution >= 0.6 is 0 Å². The number of hydrogen-bond acceptors (Lipinski definition) is 5. The second kappa shape index (κ2) is 9.15. The largest absolute Gasteiger partial charge is 0.379 e. The number of carbonyl (C=O) groups is 2. The number of nitrogens with one attached hydrogen (secondary N) is 3. The van der Waals surface area contributed by atoms with Gasteiger partial charge in [0.05, 0.1) is 19.3 Å². The average molecular weight is 369 g/mol. The first kappa shape index (κ1) is 21.1. The van der Waals surface area contributed by atoms with E-state index in [1.807, 2.05) is 27.7 Å². The van der Waals surface area contributed by atoms with Gasteiger partial charge < -0.3 is 15.4 Å². The Labute approximate surface area is 157 Å². The lowest BCUT2D eigenvalue weighted by atomic mass is 9.79. The van der Waals surface area contributed by atoms with Crippen molar-refractivity contribution in [2.75, 3.05) is 32.8 Å². The molecule has 0 aromatic rings. The maximum atomic E-state index is 12.3. The Kier molecular flexibility index (Phi) is 7.43. The lowest BCUT2D eigenvalue weighted by molar-refractivity contribution is -0.122. The molecule has 1 aliphatic heterocycles. The number of morpholine rings is 1. The zero-order valence-electron chi connectivity index (χ0n) is 16.8. The molecule has 1 saturated carbocycles. The molecular weight excluding hydrogens is 332 g/mol. The summed E-state index contributed by atoms with van der Waals surface area (Å²) >= 11 is 0. The van der Waals surface area contributed by atoms with Gasteiger partial charge in [0, 0.05) is 30.7 Å². The SMILES string of the molecule is C[C@@H](NCC1(N2CCOCC2)CCCCC1)C(=O)NC(=O)NC(C)(C)C. The minimum Gasteiger partial charge on any atom is -0.379 e. The Balaban J connectivity index is 1.88. The molecule has 2 rings (SSSR count). The van der Waals surface area contributed by atoms with E-state index in [-0.39, 0.29) is 17.0 Å². The second-order valence-electron chi connectivity index (χ2n) is 8.68. The molecule has 0 radical (unpaired) electrons. The number of ether oxygens (including phenoxy) is 1. The van der Waals surface area contributed by atoms with Crippen LogP contribution in [0.4, 0.5) is 4.79 Å². The van der Waals surface area contributed by atoms with Gasteiger partial charge in [0.2, 0.25) is 5.91 Å². The van der Waals surface area contributed by atoms with Crippen molar-refractivity contribution in [2.45, 2.75) is 76.9 Å². The van der Waals surface area contributed by atoms with Crippen LogP contribution < -0.4 is 16.0 Å². The summed E-state index contributed by atoms with van der Waals surface area (Å²) in [6, 6.07) is -0.864. The lowest BCUT2D eigenvalue weighted by Crippen LogP contribution is -2.61. The van der Waals surface area contributed by atoms with Crippen LogP contribution in [0.15, 0.2) is 0 Å². The molecule has 26 heavy (non-hydrogen) atoms. The van der Waals surface area contributed by atoms with Crippen molar-refractivity contribution in [1.29, 1.82) is 0 Å². The van der Waals surface area contributed by atoms with Crippen LogP contribution in [0.1, 0.15) is 59.8 Å². The first-order valence-corrected chi connectivity index (χ1v) is 9.91. The van der Waals surface area contributed by atoms with Crippen LogP contribution in [0.3, 0.4) is 0 Å². The number of hydrogen-bond donors (Lipinski definition) is 3. The quantitative estimate of drug-likeness (QED) is 0.687. The summed E-state index contributed by atoms with van der Waals surface area (Å²) < 4.78 is 5.51. The molecule has 3 N–H and O–H groups in total. The van der Waals surface area contributed by atoms with Crippen molar-refractivity contribution in [3.05, 3.63) is 0 Å². The van der Waals surface area contributed by atoms with Gasteiger partial charge in [-0.1, -0.05) is 19.3 Å². The van der Waals surface area contributed by atoms with Gasteiger partial charge in [-0.05, 0) is 40.5 Å². The van der Waals surface area contributed by atoms with Gasteiger partial charge in [0.15, 0.2) is 0 Å². The van der Waals surface area contributed by atoms with Gasteiger partial charge >= 0.3 is 6.03 Å². The van der Waals surface area contributed by atoms with E-state index in [2.05, 4.69) is 20.9 Å². The third kappa shape index (κ3) is 6.21. The highest BCUT2D eigenvalue weighted by atomic mass is 16.5. The van der Waals surface area contributed by atoms with Crippen molar-refractivity contribution >= 4 is 11.9 Å². The Bertz CT molecular complexity index is 478. The smallest absolute Gasteiger partial charge is 0.321 e. The van der Waals surface area contributed by atoms with Gasteiger partial charge in [0.25, 0.3) is 0 Å². The number of urea groups is 1. The van der Waals surface area contributed by atoms with E-state index in [1.54, 1.807) is 0 Å². The van der Waals surface area contributed by atoms with Crippen molar-refractivity contribution in [1.82, 2.24) is 20.9 Å². The minimum atomic E-state index is -0.447. The van der Waals surface area contributed by atoms with E-state index in [4.69, 9.17) is 4.74 Å². The van der Waals surface area contributed by atoms with Crippen LogP contribution in [0, 0.1) is 0 Å². The predicted molar refractivity (Wildman–Crippen MR) is 102 cm³/mol. The summed E-state index contributed by atoms with van der Waals surface area (Å²) in [5.41, 5.74) is -0.270. The first-order valence-electron chi connectivity index (χ1n) is 9.91. The first-order chi connectivity index (χ1) is 12.2. The highest BCUT2D eigenvalue weighted by Crippen LogP contribution is 2.33. The molecule has 2 aliphatic rings. The van der Waals surface area contributed by atoms with E-state index in [9.17, 15) is 9.59 Å². The van der Waals surface area contributed by atoms with Gasteiger partial charge in [-0.2, -0.15) is 0 Å². The molecule has 1 aliphatic carbocycles. The predicted octanol–water partition coefficient (Wildman–Crippen LogP) is 1.62. The second-order valence-corrected chi connectivity index (χ2v) is 8.68. The van der Waals surface area contributed by atoms with E-state index < -0.39 is 12.1 Å². The molecule has 150 valence electrons. The molecule has 7 nitrogen and oxygen atoms in total. The number of carbonyl (C=O) groups excluding carboxylic acids is 2. The Hall–Kier alpha value is -1.18. The molecule has 0 aromatic carbocycles. The summed E-state index contributed by atoms with van der Waals surface area (Å²) in [7, 11) is 0. The normalized spacial score (nSPS) is 22.5. The number of nitrogens with zero attached hydrogens (tertiary/aromatic N) is 1. The molecule has 0 bridgehead atoms. The van der Waals surface area contributed by atoms with Crippen LogP contribution in [0.2, 0.25) is 0 Å². The van der Waals surface area contributed by atoms with E-state index in [1.165, 1.54) is 19.3 Å². The fourth-order valence-electron chi connectivity index (χ4n) is 3.88. The Morgan fingerprint density at radius 2 is 1.73 bits per heavy atom. The zero-order chi connectivity index (χ0) is 19.2. The monoisotopic (exact) mass is 368 g/mol. The van der Waals surface area contributed by atoms with Crippen molar-refractivity contribution in [3.63, 3.8) is 0 Å². The van der Waals surface area contributed by atoms with Crippen molar-refractivity contribution < 1.29 is 14.3 Å². The Morgan fingerprint density at radius 3 is 2.31 bits per heavy atom. The summed E-state index contributed by atoms with van der Waals surface area (Å²) in [4.78, 5) is 26.8. The van der Waals surface area contributed by atoms with Gasteiger partial charge in [-0.15, -0.1) is 0 Å². The molecule has 1 heterocycles. The van der Waals surface area contributed by atoms with Gasteiger partial charge in [0.1, 0.15) is 0 Å². The molecule has 1 atom stereocenters. The minimum absolute atomic E-state index is 0.101. The topological polar surface area (TPSA) is 82.7 Å². The molecular formula is C19H36N4O3. The zero-order valence-corrected chi connectivity index (χ0v) is 16.8. The van der Waals surface area contributed by atoms with Crippen LogP contribution in [0.25, 0.3) is 0 Å². The third-order valence-corrected chi connectivity index (χ3v) is 5.32. The molecule has 3 amide bonds. The maximum absolute atomic E-state index is 12.3. The molecule has 0 spiro atoms. The van der Waals surface area contributed by atoms with E-state index >= 15 is 0 Å².